The van der Waals surface area contributed by atoms with Crippen molar-refractivity contribution in [2.45, 2.75) is 45.1 Å². The van der Waals surface area contributed by atoms with Gasteiger partial charge in [0.2, 0.25) is 0 Å². The highest BCUT2D eigenvalue weighted by molar-refractivity contribution is 5.15. The quantitative estimate of drug-likeness (QED) is 0.677. The summed E-state index contributed by atoms with van der Waals surface area (Å²) in [4.78, 5) is 0. The highest BCUT2D eigenvalue weighted by atomic mass is 16.3. The molecule has 0 amide bonds. The smallest absolute Gasteiger partial charge is 0.103 e. The van der Waals surface area contributed by atoms with E-state index in [-0.39, 0.29) is 0 Å². The second kappa shape index (κ2) is 5.16. The molecule has 0 saturated heterocycles. The van der Waals surface area contributed by atoms with Crippen molar-refractivity contribution in [1.29, 1.82) is 0 Å². The molecule has 1 heteroatoms. The largest absolute Gasteiger partial charge is 0.230 e. The fourth-order valence-electron chi connectivity index (χ4n) is 1.62. The SMILES string of the molecule is CCC([O])(CC)CCc1ccccc1. The molecular formula is C13H19O. The van der Waals surface area contributed by atoms with Gasteiger partial charge in [0.1, 0.15) is 5.60 Å². The summed E-state index contributed by atoms with van der Waals surface area (Å²) < 4.78 is 0. The second-order valence-electron chi connectivity index (χ2n) is 3.88. The van der Waals surface area contributed by atoms with Crippen LogP contribution in [0.3, 0.4) is 0 Å². The lowest BCUT2D eigenvalue weighted by Gasteiger charge is -2.21. The van der Waals surface area contributed by atoms with Gasteiger partial charge in [-0.15, -0.1) is 0 Å². The summed E-state index contributed by atoms with van der Waals surface area (Å²) in [6, 6.07) is 10.2. The molecule has 0 spiro atoms. The molecule has 0 heterocycles. The van der Waals surface area contributed by atoms with E-state index in [2.05, 4.69) is 12.1 Å². The zero-order chi connectivity index (χ0) is 10.4. The summed E-state index contributed by atoms with van der Waals surface area (Å²) in [5.74, 6) is 0. The maximum absolute atomic E-state index is 12.0. The Hall–Kier alpha value is -0.820. The fourth-order valence-corrected chi connectivity index (χ4v) is 1.62. The average molecular weight is 191 g/mol. The summed E-state index contributed by atoms with van der Waals surface area (Å²) in [5, 5.41) is 12.0. The van der Waals surface area contributed by atoms with Crippen LogP contribution in [0.25, 0.3) is 0 Å². The van der Waals surface area contributed by atoms with E-state index in [4.69, 9.17) is 0 Å². The van der Waals surface area contributed by atoms with Crippen molar-refractivity contribution in [2.24, 2.45) is 0 Å². The Morgan fingerprint density at radius 3 is 2.14 bits per heavy atom. The average Bonchev–Trinajstić information content (AvgIpc) is 2.27. The Morgan fingerprint density at radius 2 is 1.64 bits per heavy atom. The van der Waals surface area contributed by atoms with Crippen molar-refractivity contribution in [3.63, 3.8) is 0 Å². The number of rotatable bonds is 5. The first-order valence-corrected chi connectivity index (χ1v) is 5.44. The maximum atomic E-state index is 12.0. The molecule has 77 valence electrons. The molecule has 0 aliphatic heterocycles. The van der Waals surface area contributed by atoms with Crippen LogP contribution in [0.4, 0.5) is 0 Å². The Bertz CT molecular complexity index is 249. The molecule has 1 radical (unpaired) electrons. The highest BCUT2D eigenvalue weighted by Crippen LogP contribution is 2.22. The molecule has 1 rings (SSSR count). The summed E-state index contributed by atoms with van der Waals surface area (Å²) >= 11 is 0. The molecule has 0 N–H and O–H groups in total. The summed E-state index contributed by atoms with van der Waals surface area (Å²) in [7, 11) is 0. The molecule has 0 atom stereocenters. The number of hydrogen-bond donors (Lipinski definition) is 0. The van der Waals surface area contributed by atoms with Crippen LogP contribution in [-0.4, -0.2) is 5.60 Å². The molecule has 1 nitrogen and oxygen atoms in total. The van der Waals surface area contributed by atoms with Gasteiger partial charge in [-0.1, -0.05) is 44.2 Å². The zero-order valence-corrected chi connectivity index (χ0v) is 9.12. The molecule has 0 aromatic heterocycles. The molecule has 14 heavy (non-hydrogen) atoms. The molecule has 0 bridgehead atoms. The van der Waals surface area contributed by atoms with Crippen molar-refractivity contribution >= 4 is 0 Å². The van der Waals surface area contributed by atoms with Crippen LogP contribution in [0.15, 0.2) is 30.3 Å². The lowest BCUT2D eigenvalue weighted by Crippen LogP contribution is -2.25. The van der Waals surface area contributed by atoms with Crippen molar-refractivity contribution in [3.05, 3.63) is 35.9 Å². The zero-order valence-electron chi connectivity index (χ0n) is 9.12. The number of aryl methyl sites for hydroxylation is 1. The fraction of sp³-hybridized carbons (Fsp3) is 0.538. The Morgan fingerprint density at radius 1 is 1.07 bits per heavy atom. The van der Waals surface area contributed by atoms with E-state index in [1.807, 2.05) is 32.0 Å². The van der Waals surface area contributed by atoms with E-state index < -0.39 is 5.60 Å². The predicted octanol–water partition coefficient (Wildman–Crippen LogP) is 3.61. The van der Waals surface area contributed by atoms with Gasteiger partial charge in [-0.2, -0.15) is 0 Å². The molecule has 0 fully saturated rings. The Balaban J connectivity index is 2.48. The standard InChI is InChI=1S/C13H19O/c1-3-13(14,4-2)11-10-12-8-6-5-7-9-12/h5-9H,3-4,10-11H2,1-2H3. The van der Waals surface area contributed by atoms with Gasteiger partial charge in [0.15, 0.2) is 0 Å². The first-order chi connectivity index (χ1) is 6.70. The van der Waals surface area contributed by atoms with E-state index in [0.717, 1.165) is 25.7 Å². The van der Waals surface area contributed by atoms with Crippen molar-refractivity contribution in [2.75, 3.05) is 0 Å². The van der Waals surface area contributed by atoms with Crippen LogP contribution >= 0.6 is 0 Å². The van der Waals surface area contributed by atoms with Gasteiger partial charge in [-0.3, -0.25) is 0 Å². The molecule has 0 saturated carbocycles. The normalized spacial score (nSPS) is 11.6. The Labute approximate surface area is 86.8 Å². The van der Waals surface area contributed by atoms with Crippen LogP contribution in [0, 0.1) is 0 Å². The maximum Gasteiger partial charge on any atom is 0.103 e. The van der Waals surface area contributed by atoms with Crippen LogP contribution < -0.4 is 0 Å². The van der Waals surface area contributed by atoms with E-state index >= 15 is 0 Å². The summed E-state index contributed by atoms with van der Waals surface area (Å²) in [6.07, 6.45) is 3.13. The van der Waals surface area contributed by atoms with Crippen molar-refractivity contribution in [1.82, 2.24) is 0 Å². The molecule has 0 aliphatic rings. The van der Waals surface area contributed by atoms with Crippen LogP contribution in [0.5, 0.6) is 0 Å². The minimum atomic E-state index is -0.712. The van der Waals surface area contributed by atoms with Crippen molar-refractivity contribution < 1.29 is 5.11 Å². The second-order valence-corrected chi connectivity index (χ2v) is 3.88. The van der Waals surface area contributed by atoms with Gasteiger partial charge in [0, 0.05) is 0 Å². The molecular weight excluding hydrogens is 172 g/mol. The van der Waals surface area contributed by atoms with Gasteiger partial charge in [-0.05, 0) is 31.2 Å². The first-order valence-electron chi connectivity index (χ1n) is 5.44. The third-order valence-electron chi connectivity index (χ3n) is 3.00. The predicted molar refractivity (Wildman–Crippen MR) is 58.8 cm³/mol. The third kappa shape index (κ3) is 3.15. The van der Waals surface area contributed by atoms with Gasteiger partial charge in [0.05, 0.1) is 0 Å². The third-order valence-corrected chi connectivity index (χ3v) is 3.00. The highest BCUT2D eigenvalue weighted by Gasteiger charge is 2.23. The van der Waals surface area contributed by atoms with Gasteiger partial charge >= 0.3 is 0 Å². The number of hydrogen-bond acceptors (Lipinski definition) is 0. The Kier molecular flexibility index (Phi) is 4.15. The lowest BCUT2D eigenvalue weighted by atomic mass is 9.90. The van der Waals surface area contributed by atoms with E-state index in [9.17, 15) is 5.11 Å². The van der Waals surface area contributed by atoms with Gasteiger partial charge in [0.25, 0.3) is 0 Å². The lowest BCUT2D eigenvalue weighted by molar-refractivity contribution is -0.0428. The first kappa shape index (κ1) is 11.3. The van der Waals surface area contributed by atoms with Gasteiger partial charge in [-0.25, -0.2) is 5.11 Å². The van der Waals surface area contributed by atoms with E-state index in [0.29, 0.717) is 0 Å². The van der Waals surface area contributed by atoms with Crippen LogP contribution in [0.2, 0.25) is 0 Å². The van der Waals surface area contributed by atoms with Crippen LogP contribution in [0.1, 0.15) is 38.7 Å². The minimum Gasteiger partial charge on any atom is -0.230 e. The number of benzene rings is 1. The van der Waals surface area contributed by atoms with Crippen molar-refractivity contribution in [3.8, 4) is 0 Å². The minimum absolute atomic E-state index is 0.712. The molecule has 0 aliphatic carbocycles. The monoisotopic (exact) mass is 191 g/mol. The van der Waals surface area contributed by atoms with E-state index in [1.165, 1.54) is 5.56 Å². The molecule has 1 aromatic carbocycles. The topological polar surface area (TPSA) is 19.9 Å². The molecule has 0 unspecified atom stereocenters. The molecule has 1 aromatic rings. The van der Waals surface area contributed by atoms with E-state index in [1.54, 1.807) is 0 Å². The summed E-state index contributed by atoms with van der Waals surface area (Å²) in [6.45, 7) is 3.98. The summed E-state index contributed by atoms with van der Waals surface area (Å²) in [5.41, 5.74) is 0.560. The van der Waals surface area contributed by atoms with Crippen LogP contribution in [-0.2, 0) is 11.5 Å². The van der Waals surface area contributed by atoms with Gasteiger partial charge < -0.3 is 0 Å².